The van der Waals surface area contributed by atoms with Crippen LogP contribution in [0.5, 0.6) is 0 Å². The van der Waals surface area contributed by atoms with Gasteiger partial charge in [-0.3, -0.25) is 19.3 Å². The van der Waals surface area contributed by atoms with Crippen molar-refractivity contribution in [2.75, 3.05) is 4.90 Å². The van der Waals surface area contributed by atoms with E-state index in [0.717, 1.165) is 20.9 Å². The van der Waals surface area contributed by atoms with Crippen LogP contribution in [0.15, 0.2) is 54.7 Å². The number of nitrogens with zero attached hydrogens (tertiary/aromatic N) is 1. The number of fused-ring (bicyclic) bond motifs is 5. The number of nitrogens with one attached hydrogen (secondary N) is 1. The summed E-state index contributed by atoms with van der Waals surface area (Å²) in [6.45, 7) is 0. The van der Waals surface area contributed by atoms with Gasteiger partial charge in [-0.05, 0) is 29.8 Å². The number of hydrogen-bond acceptors (Lipinski definition) is 3. The summed E-state index contributed by atoms with van der Waals surface area (Å²) in [5.41, 5.74) is 8.06. The number of quaternary nitrogens is 1. The van der Waals surface area contributed by atoms with Crippen molar-refractivity contribution < 1.29 is 19.3 Å². The molecule has 0 aliphatic carbocycles. The molecule has 3 aliphatic heterocycles. The van der Waals surface area contributed by atoms with Crippen LogP contribution in [0.25, 0.3) is 6.08 Å². The number of hydrogen-bond donors (Lipinski definition) is 2. The zero-order valence-electron chi connectivity index (χ0n) is 14.7. The molecule has 0 saturated carbocycles. The normalized spacial score (nSPS) is 30.2. The third-order valence-corrected chi connectivity index (χ3v) is 6.23. The largest absolute Gasteiger partial charge is 0.364 e. The van der Waals surface area contributed by atoms with Gasteiger partial charge in [-0.1, -0.05) is 41.9 Å². The van der Waals surface area contributed by atoms with Gasteiger partial charge in [0.25, 0.3) is 5.91 Å². The Morgan fingerprint density at radius 1 is 1.04 bits per heavy atom. The van der Waals surface area contributed by atoms with Crippen LogP contribution in [-0.2, 0) is 14.4 Å². The van der Waals surface area contributed by atoms with E-state index in [1.165, 1.54) is 0 Å². The van der Waals surface area contributed by atoms with Gasteiger partial charge in [-0.2, -0.15) is 0 Å². The number of carbonyl (C=O) groups excluding carboxylic acids is 3. The van der Waals surface area contributed by atoms with Crippen LogP contribution in [0.4, 0.5) is 5.69 Å². The second-order valence-corrected chi connectivity index (χ2v) is 7.80. The molecule has 0 aromatic heterocycles. The van der Waals surface area contributed by atoms with E-state index in [2.05, 4.69) is 0 Å². The molecule has 0 bridgehead atoms. The highest BCUT2D eigenvalue weighted by atomic mass is 35.5. The summed E-state index contributed by atoms with van der Waals surface area (Å²) in [6, 6.07) is 13.2. The summed E-state index contributed by atoms with van der Waals surface area (Å²) in [4.78, 5) is 41.0. The first kappa shape index (κ1) is 17.2. The predicted octanol–water partition coefficient (Wildman–Crippen LogP) is 0.924. The Bertz CT molecular complexity index is 1070. The third kappa shape index (κ3) is 2.22. The van der Waals surface area contributed by atoms with Gasteiger partial charge in [0.2, 0.25) is 11.8 Å². The Morgan fingerprint density at radius 2 is 1.79 bits per heavy atom. The maximum atomic E-state index is 13.4. The van der Waals surface area contributed by atoms with Crippen LogP contribution in [0.1, 0.15) is 17.2 Å². The van der Waals surface area contributed by atoms with E-state index >= 15 is 0 Å². The standard InChI is InChI=1S/C21H16ClN3O3/c22-12-5-3-6-13(10-12)25-20(27)15-16(21(25)28)18(19(23)26)24-9-8-11-4-1-2-7-14(11)17(15)24/h1-10,15-18H,(H2,23,26)/p+1/t15-,16+,17-,18-/m0/s1. The minimum absolute atomic E-state index is 0.311. The lowest BCUT2D eigenvalue weighted by atomic mass is 9.84. The number of rotatable bonds is 2. The number of halogens is 1. The molecule has 1 unspecified atom stereocenters. The number of imide groups is 1. The number of primary amides is 1. The van der Waals surface area contributed by atoms with Gasteiger partial charge in [-0.15, -0.1) is 0 Å². The van der Waals surface area contributed by atoms with Crippen molar-refractivity contribution in [2.24, 2.45) is 17.6 Å². The quantitative estimate of drug-likeness (QED) is 0.743. The SMILES string of the molecule is NC(=O)[C@@H]1[C@@H]2C(=O)N(c3cccc(Cl)c3)C(=O)[C@@H]2[C@@H]2c3ccccc3C=C[NH+]12. The van der Waals surface area contributed by atoms with Crippen LogP contribution in [0.3, 0.4) is 0 Å². The molecule has 3 aliphatic rings. The summed E-state index contributed by atoms with van der Waals surface area (Å²) < 4.78 is 0. The highest BCUT2D eigenvalue weighted by Crippen LogP contribution is 2.44. The molecule has 2 aromatic rings. The number of amides is 3. The van der Waals surface area contributed by atoms with E-state index < -0.39 is 29.7 Å². The first-order valence-corrected chi connectivity index (χ1v) is 9.43. The van der Waals surface area contributed by atoms with Crippen LogP contribution in [-0.4, -0.2) is 23.8 Å². The highest BCUT2D eigenvalue weighted by molar-refractivity contribution is 6.31. The monoisotopic (exact) mass is 394 g/mol. The van der Waals surface area contributed by atoms with Gasteiger partial charge in [0, 0.05) is 10.6 Å². The van der Waals surface area contributed by atoms with E-state index in [-0.39, 0.29) is 11.9 Å². The van der Waals surface area contributed by atoms with E-state index in [4.69, 9.17) is 17.3 Å². The Balaban J connectivity index is 1.66. The molecule has 2 aromatic carbocycles. The van der Waals surface area contributed by atoms with Gasteiger partial charge in [0.15, 0.2) is 6.04 Å². The molecule has 3 heterocycles. The fraction of sp³-hybridized carbons (Fsp3) is 0.190. The fourth-order valence-electron chi connectivity index (χ4n) is 4.95. The summed E-state index contributed by atoms with van der Waals surface area (Å²) in [7, 11) is 0. The zero-order chi connectivity index (χ0) is 19.6. The average Bonchev–Trinajstić information content (AvgIpc) is 3.15. The lowest BCUT2D eigenvalue weighted by Gasteiger charge is -2.30. The molecular formula is C21H17ClN3O3+. The lowest BCUT2D eigenvalue weighted by molar-refractivity contribution is -0.884. The summed E-state index contributed by atoms with van der Waals surface area (Å²) in [6.07, 6.45) is 3.77. The number of benzene rings is 2. The molecule has 2 saturated heterocycles. The topological polar surface area (TPSA) is 84.9 Å². The van der Waals surface area contributed by atoms with Gasteiger partial charge < -0.3 is 5.73 Å². The molecule has 28 heavy (non-hydrogen) atoms. The van der Waals surface area contributed by atoms with Gasteiger partial charge in [0.1, 0.15) is 17.9 Å². The molecule has 0 radical (unpaired) electrons. The van der Waals surface area contributed by atoms with Crippen molar-refractivity contribution in [3.8, 4) is 0 Å². The van der Waals surface area contributed by atoms with E-state index in [1.807, 2.05) is 36.5 Å². The van der Waals surface area contributed by atoms with Crippen LogP contribution in [0, 0.1) is 11.8 Å². The maximum absolute atomic E-state index is 13.4. The van der Waals surface area contributed by atoms with Crippen molar-refractivity contribution in [1.82, 2.24) is 0 Å². The predicted molar refractivity (Wildman–Crippen MR) is 103 cm³/mol. The van der Waals surface area contributed by atoms with Gasteiger partial charge in [0.05, 0.1) is 11.9 Å². The molecule has 5 rings (SSSR count). The fourth-order valence-corrected chi connectivity index (χ4v) is 5.13. The average molecular weight is 395 g/mol. The summed E-state index contributed by atoms with van der Waals surface area (Å²) in [5.74, 6) is -2.72. The van der Waals surface area contributed by atoms with Crippen molar-refractivity contribution in [3.63, 3.8) is 0 Å². The second-order valence-electron chi connectivity index (χ2n) is 7.36. The molecule has 7 heteroatoms. The third-order valence-electron chi connectivity index (χ3n) is 5.99. The minimum Gasteiger partial charge on any atom is -0.364 e. The van der Waals surface area contributed by atoms with Gasteiger partial charge >= 0.3 is 0 Å². The molecule has 3 amide bonds. The molecular weight excluding hydrogens is 378 g/mol. The zero-order valence-corrected chi connectivity index (χ0v) is 15.5. The van der Waals surface area contributed by atoms with Crippen molar-refractivity contribution in [1.29, 1.82) is 0 Å². The minimum atomic E-state index is -0.792. The van der Waals surface area contributed by atoms with E-state index in [0.29, 0.717) is 10.7 Å². The van der Waals surface area contributed by atoms with Crippen molar-refractivity contribution >= 4 is 41.1 Å². The first-order chi connectivity index (χ1) is 13.5. The van der Waals surface area contributed by atoms with Crippen LogP contribution >= 0.6 is 11.6 Å². The molecule has 0 spiro atoms. The summed E-state index contributed by atoms with van der Waals surface area (Å²) in [5, 5.41) is 0.430. The smallest absolute Gasteiger partial charge is 0.277 e. The lowest BCUT2D eigenvalue weighted by Crippen LogP contribution is -3.12. The van der Waals surface area contributed by atoms with Crippen molar-refractivity contribution in [3.05, 3.63) is 70.9 Å². The molecule has 140 valence electrons. The number of nitrogens with two attached hydrogens (primary N) is 1. The molecule has 5 atom stereocenters. The van der Waals surface area contributed by atoms with Crippen LogP contribution in [0.2, 0.25) is 5.02 Å². The van der Waals surface area contributed by atoms with Crippen LogP contribution < -0.4 is 15.5 Å². The van der Waals surface area contributed by atoms with Gasteiger partial charge in [-0.25, -0.2) is 4.90 Å². The van der Waals surface area contributed by atoms with E-state index in [1.54, 1.807) is 24.3 Å². The molecule has 3 N–H and O–H groups in total. The second kappa shape index (κ2) is 6.02. The van der Waals surface area contributed by atoms with Crippen molar-refractivity contribution in [2.45, 2.75) is 12.1 Å². The Kier molecular flexibility index (Phi) is 3.69. The number of anilines is 1. The first-order valence-electron chi connectivity index (χ1n) is 9.05. The maximum Gasteiger partial charge on any atom is 0.277 e. The Labute approximate surface area is 166 Å². The Hall–Kier alpha value is -2.96. The van der Waals surface area contributed by atoms with E-state index in [9.17, 15) is 14.4 Å². The molecule has 2 fully saturated rings. The Morgan fingerprint density at radius 3 is 2.54 bits per heavy atom. The number of carbonyl (C=O) groups is 3. The highest BCUT2D eigenvalue weighted by Gasteiger charge is 2.67. The summed E-state index contributed by atoms with van der Waals surface area (Å²) >= 11 is 6.06. The molecule has 6 nitrogen and oxygen atoms in total.